The lowest BCUT2D eigenvalue weighted by Gasteiger charge is -2.35. The van der Waals surface area contributed by atoms with Gasteiger partial charge >= 0.3 is 0 Å². The van der Waals surface area contributed by atoms with Crippen LogP contribution in [0, 0.1) is 5.41 Å². The number of nitrogens with zero attached hydrogens (tertiary/aromatic N) is 4. The van der Waals surface area contributed by atoms with Gasteiger partial charge in [0.1, 0.15) is 0 Å². The van der Waals surface area contributed by atoms with Crippen molar-refractivity contribution in [3.05, 3.63) is 11.6 Å². The van der Waals surface area contributed by atoms with E-state index in [2.05, 4.69) is 25.1 Å². The quantitative estimate of drug-likeness (QED) is 0.611. The molecule has 128 valence electrons. The Labute approximate surface area is 141 Å². The van der Waals surface area contributed by atoms with E-state index in [1.807, 2.05) is 32.3 Å². The Morgan fingerprint density at radius 3 is 2.70 bits per heavy atom. The van der Waals surface area contributed by atoms with E-state index in [9.17, 15) is 4.79 Å². The Morgan fingerprint density at radius 1 is 1.43 bits per heavy atom. The van der Waals surface area contributed by atoms with Crippen LogP contribution in [0.15, 0.2) is 16.6 Å². The summed E-state index contributed by atoms with van der Waals surface area (Å²) < 4.78 is 0. The number of thiazole rings is 1. The van der Waals surface area contributed by atoms with Crippen molar-refractivity contribution in [1.82, 2.24) is 15.2 Å². The first-order chi connectivity index (χ1) is 10.9. The number of aliphatic imine (C=N–C) groups is 1. The maximum atomic E-state index is 12.0. The molecule has 1 aromatic rings. The van der Waals surface area contributed by atoms with E-state index < -0.39 is 5.41 Å². The van der Waals surface area contributed by atoms with E-state index in [1.54, 1.807) is 11.3 Å². The van der Waals surface area contributed by atoms with Gasteiger partial charge in [0, 0.05) is 44.3 Å². The van der Waals surface area contributed by atoms with Crippen LogP contribution in [-0.2, 0) is 4.79 Å². The number of carbonyl (C=O) groups excluding carboxylic acids is 1. The van der Waals surface area contributed by atoms with Crippen LogP contribution in [0.5, 0.6) is 0 Å². The molecular weight excluding hydrogens is 312 g/mol. The van der Waals surface area contributed by atoms with E-state index in [0.717, 1.165) is 31.3 Å². The van der Waals surface area contributed by atoms with Crippen molar-refractivity contribution < 1.29 is 4.79 Å². The maximum Gasteiger partial charge on any atom is 0.227 e. The molecule has 23 heavy (non-hydrogen) atoms. The molecule has 0 spiro atoms. The summed E-state index contributed by atoms with van der Waals surface area (Å²) in [6.45, 7) is 10.1. The molecule has 0 bridgehead atoms. The van der Waals surface area contributed by atoms with Crippen molar-refractivity contribution in [2.45, 2.75) is 20.8 Å². The molecule has 1 amide bonds. The second-order valence-corrected chi connectivity index (χ2v) is 7.08. The SMILES string of the molecule is CCNC(=O)C(C)(C)CN=C(N)N1CCN(c2nccs2)CC1. The van der Waals surface area contributed by atoms with Gasteiger partial charge < -0.3 is 20.9 Å². The van der Waals surface area contributed by atoms with Crippen LogP contribution in [0.2, 0.25) is 0 Å². The van der Waals surface area contributed by atoms with Crippen molar-refractivity contribution in [2.24, 2.45) is 16.1 Å². The normalized spacial score (nSPS) is 16.6. The van der Waals surface area contributed by atoms with E-state index in [4.69, 9.17) is 5.73 Å². The minimum absolute atomic E-state index is 0.00476. The molecule has 2 heterocycles. The fourth-order valence-corrected chi connectivity index (χ4v) is 3.05. The molecule has 1 aromatic heterocycles. The number of hydrogen-bond donors (Lipinski definition) is 2. The highest BCUT2D eigenvalue weighted by Crippen LogP contribution is 2.19. The molecule has 8 heteroatoms. The third kappa shape index (κ3) is 4.57. The minimum Gasteiger partial charge on any atom is -0.370 e. The van der Waals surface area contributed by atoms with Gasteiger partial charge in [0.25, 0.3) is 0 Å². The molecule has 1 fully saturated rings. The highest BCUT2D eigenvalue weighted by atomic mass is 32.1. The highest BCUT2D eigenvalue weighted by molar-refractivity contribution is 7.13. The second-order valence-electron chi connectivity index (χ2n) is 6.21. The number of hydrogen-bond acceptors (Lipinski definition) is 5. The number of nitrogens with two attached hydrogens (primary N) is 1. The summed E-state index contributed by atoms with van der Waals surface area (Å²) in [4.78, 5) is 25.1. The summed E-state index contributed by atoms with van der Waals surface area (Å²) in [5, 5.41) is 5.88. The van der Waals surface area contributed by atoms with Gasteiger partial charge in [0.15, 0.2) is 11.1 Å². The monoisotopic (exact) mass is 338 g/mol. The molecule has 1 aliphatic heterocycles. The molecule has 0 aromatic carbocycles. The van der Waals surface area contributed by atoms with E-state index in [-0.39, 0.29) is 5.91 Å². The number of piperazine rings is 1. The Bertz CT molecular complexity index is 534. The van der Waals surface area contributed by atoms with Gasteiger partial charge in [-0.15, -0.1) is 11.3 Å². The molecule has 0 atom stereocenters. The lowest BCUT2D eigenvalue weighted by atomic mass is 9.92. The molecule has 1 saturated heterocycles. The molecule has 7 nitrogen and oxygen atoms in total. The Morgan fingerprint density at radius 2 is 2.13 bits per heavy atom. The topological polar surface area (TPSA) is 86.8 Å². The smallest absolute Gasteiger partial charge is 0.227 e. The molecule has 0 radical (unpaired) electrons. The van der Waals surface area contributed by atoms with Gasteiger partial charge in [-0.1, -0.05) is 0 Å². The van der Waals surface area contributed by atoms with Crippen molar-refractivity contribution in [3.63, 3.8) is 0 Å². The standard InChI is InChI=1S/C15H26N6OS/c1-4-17-12(22)15(2,3)11-19-13(16)20-6-8-21(9-7-20)14-18-5-10-23-14/h5,10H,4,6-9,11H2,1-3H3,(H2,16,19)(H,17,22). The van der Waals surface area contributed by atoms with Crippen LogP contribution in [0.3, 0.4) is 0 Å². The lowest BCUT2D eigenvalue weighted by Crippen LogP contribution is -2.51. The number of amides is 1. The summed E-state index contributed by atoms with van der Waals surface area (Å²) >= 11 is 1.65. The molecule has 2 rings (SSSR count). The number of guanidine groups is 1. The third-order valence-corrected chi connectivity index (χ3v) is 4.71. The zero-order chi connectivity index (χ0) is 16.9. The van der Waals surface area contributed by atoms with Crippen molar-refractivity contribution >= 4 is 28.3 Å². The van der Waals surface area contributed by atoms with Crippen molar-refractivity contribution in [2.75, 3.05) is 44.2 Å². The molecular formula is C15H26N6OS. The van der Waals surface area contributed by atoms with Crippen LogP contribution in [0.25, 0.3) is 0 Å². The lowest BCUT2D eigenvalue weighted by molar-refractivity contribution is -0.128. The largest absolute Gasteiger partial charge is 0.370 e. The van der Waals surface area contributed by atoms with E-state index in [0.29, 0.717) is 19.0 Å². The van der Waals surface area contributed by atoms with Gasteiger partial charge in [0.05, 0.1) is 12.0 Å². The van der Waals surface area contributed by atoms with Gasteiger partial charge in [-0.2, -0.15) is 0 Å². The zero-order valence-corrected chi connectivity index (χ0v) is 14.9. The number of rotatable bonds is 5. The first-order valence-corrected chi connectivity index (χ1v) is 8.79. The maximum absolute atomic E-state index is 12.0. The molecule has 0 aliphatic carbocycles. The summed E-state index contributed by atoms with van der Waals surface area (Å²) in [5.41, 5.74) is 5.55. The van der Waals surface area contributed by atoms with Gasteiger partial charge in [-0.05, 0) is 20.8 Å². The first-order valence-electron chi connectivity index (χ1n) is 7.91. The molecule has 0 saturated carbocycles. The minimum atomic E-state index is -0.552. The Kier molecular flexibility index (Phi) is 5.81. The predicted molar refractivity (Wildman–Crippen MR) is 94.9 cm³/mol. The Balaban J connectivity index is 1.86. The second kappa shape index (κ2) is 7.63. The molecule has 0 unspecified atom stereocenters. The van der Waals surface area contributed by atoms with Crippen LogP contribution in [0.4, 0.5) is 5.13 Å². The fourth-order valence-electron chi connectivity index (χ4n) is 2.35. The van der Waals surface area contributed by atoms with Crippen LogP contribution < -0.4 is 16.0 Å². The number of carbonyl (C=O) groups is 1. The zero-order valence-electron chi connectivity index (χ0n) is 14.1. The molecule has 1 aliphatic rings. The van der Waals surface area contributed by atoms with Gasteiger partial charge in [-0.3, -0.25) is 9.79 Å². The third-order valence-electron chi connectivity index (χ3n) is 3.88. The summed E-state index contributed by atoms with van der Waals surface area (Å²) in [7, 11) is 0. The fraction of sp³-hybridized carbons (Fsp3) is 0.667. The average molecular weight is 338 g/mol. The van der Waals surface area contributed by atoms with E-state index >= 15 is 0 Å². The van der Waals surface area contributed by atoms with Gasteiger partial charge in [-0.25, -0.2) is 4.98 Å². The predicted octanol–water partition coefficient (Wildman–Crippen LogP) is 0.742. The van der Waals surface area contributed by atoms with Gasteiger partial charge in [0.2, 0.25) is 5.91 Å². The van der Waals surface area contributed by atoms with Crippen molar-refractivity contribution in [1.29, 1.82) is 0 Å². The number of anilines is 1. The number of aromatic nitrogens is 1. The average Bonchev–Trinajstić information content (AvgIpc) is 3.07. The summed E-state index contributed by atoms with van der Waals surface area (Å²) in [6, 6.07) is 0. The van der Waals surface area contributed by atoms with Crippen LogP contribution in [-0.4, -0.2) is 61.0 Å². The van der Waals surface area contributed by atoms with Crippen LogP contribution >= 0.6 is 11.3 Å². The summed E-state index contributed by atoms with van der Waals surface area (Å²) in [6.07, 6.45) is 1.83. The van der Waals surface area contributed by atoms with Crippen LogP contribution in [0.1, 0.15) is 20.8 Å². The highest BCUT2D eigenvalue weighted by Gasteiger charge is 2.27. The first kappa shape index (κ1) is 17.5. The Hall–Kier alpha value is -1.83. The van der Waals surface area contributed by atoms with E-state index in [1.165, 1.54) is 0 Å². The summed E-state index contributed by atoms with van der Waals surface area (Å²) in [5.74, 6) is 0.520. The van der Waals surface area contributed by atoms with Crippen molar-refractivity contribution in [3.8, 4) is 0 Å². The molecule has 3 N–H and O–H groups in total. The number of nitrogens with one attached hydrogen (secondary N) is 1.